The van der Waals surface area contributed by atoms with Gasteiger partial charge in [0.2, 0.25) is 0 Å². The van der Waals surface area contributed by atoms with Crippen LogP contribution in [0.3, 0.4) is 0 Å². The summed E-state index contributed by atoms with van der Waals surface area (Å²) in [5.74, 6) is 0. The topological polar surface area (TPSA) is 112 Å². The van der Waals surface area contributed by atoms with E-state index in [0.29, 0.717) is 0 Å². The fourth-order valence-corrected chi connectivity index (χ4v) is 2.62. The van der Waals surface area contributed by atoms with Crippen LogP contribution in [0.25, 0.3) is 0 Å². The predicted octanol–water partition coefficient (Wildman–Crippen LogP) is -3.16. The van der Waals surface area contributed by atoms with Crippen LogP contribution in [0.15, 0.2) is 34.1 Å². The zero-order valence-corrected chi connectivity index (χ0v) is 11.2. The predicted molar refractivity (Wildman–Crippen MR) is 44.2 cm³/mol. The van der Waals surface area contributed by atoms with Gasteiger partial charge in [-0.25, -0.2) is 8.42 Å². The zero-order chi connectivity index (χ0) is 11.0. The molecule has 0 spiro atoms. The van der Waals surface area contributed by atoms with Gasteiger partial charge in [0.25, 0.3) is 10.1 Å². The summed E-state index contributed by atoms with van der Waals surface area (Å²) in [6, 6.07) is 4.02. The molecule has 15 heavy (non-hydrogen) atoms. The van der Waals surface area contributed by atoms with Gasteiger partial charge >= 0.3 is 29.6 Å². The van der Waals surface area contributed by atoms with Crippen molar-refractivity contribution in [2.75, 3.05) is 0 Å². The standard InChI is InChI=1S/C6H6O6S2.Na/c7-13(8,9)5-3-1-2-4-6(5)14(10,11)12;/h1-4H,(H,7,8,9)(H,10,11,12);/q;+1/p-1. The van der Waals surface area contributed by atoms with E-state index in [4.69, 9.17) is 4.55 Å². The largest absolute Gasteiger partial charge is 1.00 e. The Balaban J connectivity index is 0.00000196. The molecule has 78 valence electrons. The molecule has 1 rings (SSSR count). The van der Waals surface area contributed by atoms with E-state index in [1.165, 1.54) is 12.1 Å². The molecule has 0 saturated heterocycles. The van der Waals surface area contributed by atoms with E-state index in [9.17, 15) is 21.4 Å². The van der Waals surface area contributed by atoms with Gasteiger partial charge in [0, 0.05) is 0 Å². The smallest absolute Gasteiger partial charge is 0.744 e. The normalized spacial score (nSPS) is 11.9. The van der Waals surface area contributed by atoms with E-state index in [2.05, 4.69) is 0 Å². The van der Waals surface area contributed by atoms with Gasteiger partial charge in [0.05, 0.1) is 4.90 Å². The number of rotatable bonds is 2. The van der Waals surface area contributed by atoms with Gasteiger partial charge < -0.3 is 4.55 Å². The summed E-state index contributed by atoms with van der Waals surface area (Å²) in [6.45, 7) is 0. The molecule has 1 aromatic carbocycles. The molecule has 0 saturated carbocycles. The molecule has 0 amide bonds. The Kier molecular flexibility index (Phi) is 4.93. The van der Waals surface area contributed by atoms with Crippen LogP contribution in [0, 0.1) is 0 Å². The minimum absolute atomic E-state index is 0. The molecule has 1 N–H and O–H groups in total. The Hall–Kier alpha value is 0.0400. The molecule has 0 aliphatic carbocycles. The molecule has 9 heteroatoms. The Morgan fingerprint density at radius 2 is 1.40 bits per heavy atom. The summed E-state index contributed by atoms with van der Waals surface area (Å²) in [5.41, 5.74) is 0. The second-order valence-corrected chi connectivity index (χ2v) is 5.11. The third-order valence-electron chi connectivity index (χ3n) is 1.40. The number of benzene rings is 1. The molecule has 0 radical (unpaired) electrons. The molecule has 6 nitrogen and oxygen atoms in total. The molecule has 0 bridgehead atoms. The maximum Gasteiger partial charge on any atom is 1.00 e. The van der Waals surface area contributed by atoms with Crippen molar-refractivity contribution < 1.29 is 55.5 Å². The van der Waals surface area contributed by atoms with Gasteiger partial charge in [-0.1, -0.05) is 12.1 Å². The Labute approximate surface area is 109 Å². The van der Waals surface area contributed by atoms with Gasteiger partial charge in [-0.2, -0.15) is 8.42 Å². The fourth-order valence-electron chi connectivity index (χ4n) is 0.870. The van der Waals surface area contributed by atoms with Gasteiger partial charge in [0.1, 0.15) is 15.0 Å². The molecule has 1 aromatic rings. The first kappa shape index (κ1) is 15.0. The Bertz CT molecular complexity index is 496. The second-order valence-electron chi connectivity index (χ2n) is 2.38. The van der Waals surface area contributed by atoms with Crippen LogP contribution >= 0.6 is 0 Å². The first-order valence-electron chi connectivity index (χ1n) is 3.25. The van der Waals surface area contributed by atoms with Crippen LogP contribution in [0.1, 0.15) is 0 Å². The molecule has 0 fully saturated rings. The quantitative estimate of drug-likeness (QED) is 0.444. The van der Waals surface area contributed by atoms with Crippen LogP contribution < -0.4 is 29.6 Å². The average Bonchev–Trinajstić information content (AvgIpc) is 2.01. The Morgan fingerprint density at radius 1 is 1.00 bits per heavy atom. The summed E-state index contributed by atoms with van der Waals surface area (Å²) in [4.78, 5) is -1.86. The summed E-state index contributed by atoms with van der Waals surface area (Å²) in [7, 11) is -9.60. The van der Waals surface area contributed by atoms with Crippen molar-refractivity contribution in [2.24, 2.45) is 0 Å². The molecule has 0 unspecified atom stereocenters. The van der Waals surface area contributed by atoms with Crippen LogP contribution in [0.4, 0.5) is 0 Å². The van der Waals surface area contributed by atoms with Crippen LogP contribution in [-0.4, -0.2) is 25.9 Å². The van der Waals surface area contributed by atoms with Crippen molar-refractivity contribution in [1.29, 1.82) is 0 Å². The van der Waals surface area contributed by atoms with Gasteiger partial charge in [-0.15, -0.1) is 0 Å². The number of hydrogen-bond donors (Lipinski definition) is 1. The van der Waals surface area contributed by atoms with Gasteiger partial charge in [-0.3, -0.25) is 4.55 Å². The number of hydrogen-bond acceptors (Lipinski definition) is 5. The van der Waals surface area contributed by atoms with Crippen LogP contribution in [0.2, 0.25) is 0 Å². The zero-order valence-electron chi connectivity index (χ0n) is 7.61. The molecule has 0 aliphatic heterocycles. The van der Waals surface area contributed by atoms with E-state index in [-0.39, 0.29) is 29.6 Å². The van der Waals surface area contributed by atoms with Gasteiger partial charge in [-0.05, 0) is 12.1 Å². The Morgan fingerprint density at radius 3 is 1.67 bits per heavy atom. The molecular formula is C6H5NaO6S2. The van der Waals surface area contributed by atoms with Crippen molar-refractivity contribution in [3.8, 4) is 0 Å². The molecule has 0 atom stereocenters. The van der Waals surface area contributed by atoms with Crippen molar-refractivity contribution >= 4 is 20.2 Å². The molecular weight excluding hydrogens is 255 g/mol. The first-order chi connectivity index (χ1) is 6.23. The second kappa shape index (κ2) is 4.91. The van der Waals surface area contributed by atoms with E-state index < -0.39 is 30.0 Å². The minimum atomic E-state index is -4.91. The molecule has 0 heterocycles. The van der Waals surface area contributed by atoms with Crippen molar-refractivity contribution in [2.45, 2.75) is 9.79 Å². The summed E-state index contributed by atoms with van der Waals surface area (Å²) < 4.78 is 61.6. The van der Waals surface area contributed by atoms with Crippen molar-refractivity contribution in [3.05, 3.63) is 24.3 Å². The van der Waals surface area contributed by atoms with Crippen molar-refractivity contribution in [1.82, 2.24) is 0 Å². The first-order valence-corrected chi connectivity index (χ1v) is 6.10. The van der Waals surface area contributed by atoms with Crippen molar-refractivity contribution in [3.63, 3.8) is 0 Å². The monoisotopic (exact) mass is 260 g/mol. The van der Waals surface area contributed by atoms with E-state index in [0.717, 1.165) is 12.1 Å². The summed E-state index contributed by atoms with van der Waals surface area (Å²) in [5, 5.41) is 0. The summed E-state index contributed by atoms with van der Waals surface area (Å²) in [6.07, 6.45) is 0. The van der Waals surface area contributed by atoms with Crippen LogP contribution in [0.5, 0.6) is 0 Å². The SMILES string of the molecule is O=S(=O)([O-])c1ccccc1S(=O)(=O)O.[Na+]. The van der Waals surface area contributed by atoms with E-state index in [1.54, 1.807) is 0 Å². The molecule has 0 aliphatic rings. The average molecular weight is 260 g/mol. The van der Waals surface area contributed by atoms with E-state index >= 15 is 0 Å². The molecule has 0 aromatic heterocycles. The van der Waals surface area contributed by atoms with Gasteiger partial charge in [0.15, 0.2) is 0 Å². The summed E-state index contributed by atoms with van der Waals surface area (Å²) >= 11 is 0. The minimum Gasteiger partial charge on any atom is -0.744 e. The maximum atomic E-state index is 10.7. The fraction of sp³-hybridized carbons (Fsp3) is 0. The van der Waals surface area contributed by atoms with E-state index in [1.807, 2.05) is 0 Å². The maximum absolute atomic E-state index is 10.7. The third kappa shape index (κ3) is 3.83. The van der Waals surface area contributed by atoms with Crippen LogP contribution in [-0.2, 0) is 20.2 Å². The third-order valence-corrected chi connectivity index (χ3v) is 3.33.